The first kappa shape index (κ1) is 20.1. The van der Waals surface area contributed by atoms with E-state index < -0.39 is 0 Å². The number of benzene rings is 1. The lowest BCUT2D eigenvalue weighted by Gasteiger charge is -2.12. The van der Waals surface area contributed by atoms with Crippen molar-refractivity contribution in [3.8, 4) is 0 Å². The number of allylic oxidation sites excluding steroid dienone is 4. The van der Waals surface area contributed by atoms with Gasteiger partial charge in [0.15, 0.2) is 11.6 Å². The van der Waals surface area contributed by atoms with Gasteiger partial charge in [-0.2, -0.15) is 0 Å². The highest BCUT2D eigenvalue weighted by molar-refractivity contribution is 5.90. The topological polar surface area (TPSA) is 34.1 Å². The summed E-state index contributed by atoms with van der Waals surface area (Å²) in [6.45, 7) is 12.0. The number of carbonyl (C=O) groups is 2. The maximum atomic E-state index is 11.9. The average Bonchev–Trinajstić information content (AvgIpc) is 2.42. The third-order valence-corrected chi connectivity index (χ3v) is 3.94. The molecule has 0 aliphatic carbocycles. The SMILES string of the molecule is CC(C)=CC(=O)CCc1cc(C)c(CCC(=O)C=C(C)C)c(C)c1. The molecule has 0 unspecified atom stereocenters. The van der Waals surface area contributed by atoms with Crippen molar-refractivity contribution in [2.24, 2.45) is 0 Å². The largest absolute Gasteiger partial charge is 0.295 e. The lowest BCUT2D eigenvalue weighted by molar-refractivity contribution is -0.115. The zero-order chi connectivity index (χ0) is 18.3. The van der Waals surface area contributed by atoms with E-state index in [9.17, 15) is 9.59 Å². The van der Waals surface area contributed by atoms with E-state index >= 15 is 0 Å². The van der Waals surface area contributed by atoms with E-state index in [2.05, 4.69) is 26.0 Å². The number of ketones is 2. The Hall–Kier alpha value is -1.96. The van der Waals surface area contributed by atoms with Crippen LogP contribution in [0.5, 0.6) is 0 Å². The predicted octanol–water partition coefficient (Wildman–Crippen LogP) is 5.24. The highest BCUT2D eigenvalue weighted by atomic mass is 16.1. The second-order valence-electron chi connectivity index (χ2n) is 7.08. The van der Waals surface area contributed by atoms with E-state index in [-0.39, 0.29) is 11.6 Å². The van der Waals surface area contributed by atoms with Crippen LogP contribution in [0.25, 0.3) is 0 Å². The van der Waals surface area contributed by atoms with Crippen LogP contribution in [0.4, 0.5) is 0 Å². The van der Waals surface area contributed by atoms with Crippen LogP contribution in [0.15, 0.2) is 35.4 Å². The van der Waals surface area contributed by atoms with Crippen molar-refractivity contribution in [3.63, 3.8) is 0 Å². The Kier molecular flexibility index (Phi) is 7.84. The average molecular weight is 326 g/mol. The first-order chi connectivity index (χ1) is 11.2. The van der Waals surface area contributed by atoms with Crippen LogP contribution in [0, 0.1) is 13.8 Å². The number of hydrogen-bond donors (Lipinski definition) is 0. The maximum Gasteiger partial charge on any atom is 0.155 e. The molecule has 2 heteroatoms. The van der Waals surface area contributed by atoms with Gasteiger partial charge in [-0.1, -0.05) is 23.3 Å². The van der Waals surface area contributed by atoms with Crippen molar-refractivity contribution in [1.29, 1.82) is 0 Å². The van der Waals surface area contributed by atoms with Gasteiger partial charge in [0, 0.05) is 12.8 Å². The third kappa shape index (κ3) is 7.08. The predicted molar refractivity (Wildman–Crippen MR) is 101 cm³/mol. The molecule has 130 valence electrons. The quantitative estimate of drug-likeness (QED) is 0.612. The van der Waals surface area contributed by atoms with E-state index in [1.807, 2.05) is 27.7 Å². The molecule has 2 nitrogen and oxygen atoms in total. The van der Waals surface area contributed by atoms with Crippen molar-refractivity contribution in [1.82, 2.24) is 0 Å². The fraction of sp³-hybridized carbons (Fsp3) is 0.455. The lowest BCUT2D eigenvalue weighted by atomic mass is 9.93. The van der Waals surface area contributed by atoms with Gasteiger partial charge in [0.1, 0.15) is 0 Å². The summed E-state index contributed by atoms with van der Waals surface area (Å²) in [6.07, 6.45) is 6.06. The number of aryl methyl sites for hydroxylation is 3. The zero-order valence-corrected chi connectivity index (χ0v) is 16.0. The third-order valence-electron chi connectivity index (χ3n) is 3.94. The van der Waals surface area contributed by atoms with Crippen LogP contribution < -0.4 is 0 Å². The lowest BCUT2D eigenvalue weighted by Crippen LogP contribution is -2.03. The Morgan fingerprint density at radius 1 is 0.792 bits per heavy atom. The minimum atomic E-state index is 0.182. The van der Waals surface area contributed by atoms with Gasteiger partial charge in [-0.3, -0.25) is 9.59 Å². The highest BCUT2D eigenvalue weighted by Gasteiger charge is 2.08. The van der Waals surface area contributed by atoms with Crippen molar-refractivity contribution < 1.29 is 9.59 Å². The molecule has 24 heavy (non-hydrogen) atoms. The van der Waals surface area contributed by atoms with Crippen LogP contribution in [0.2, 0.25) is 0 Å². The van der Waals surface area contributed by atoms with E-state index in [4.69, 9.17) is 0 Å². The molecule has 1 aromatic rings. The summed E-state index contributed by atoms with van der Waals surface area (Å²) >= 11 is 0. The number of rotatable bonds is 8. The zero-order valence-electron chi connectivity index (χ0n) is 16.0. The Bertz CT molecular complexity index is 644. The Morgan fingerprint density at radius 2 is 1.21 bits per heavy atom. The molecule has 0 heterocycles. The number of carbonyl (C=O) groups excluding carboxylic acids is 2. The normalized spacial score (nSPS) is 10.2. The summed E-state index contributed by atoms with van der Waals surface area (Å²) in [6, 6.07) is 4.31. The van der Waals surface area contributed by atoms with E-state index in [1.54, 1.807) is 12.2 Å². The molecular formula is C22H30O2. The summed E-state index contributed by atoms with van der Waals surface area (Å²) in [7, 11) is 0. The van der Waals surface area contributed by atoms with Crippen LogP contribution in [0.1, 0.15) is 62.8 Å². The Morgan fingerprint density at radius 3 is 1.62 bits per heavy atom. The minimum Gasteiger partial charge on any atom is -0.295 e. The molecule has 0 aliphatic rings. The maximum absolute atomic E-state index is 11.9. The van der Waals surface area contributed by atoms with Crippen LogP contribution in [-0.4, -0.2) is 11.6 Å². The first-order valence-corrected chi connectivity index (χ1v) is 8.63. The molecule has 0 saturated heterocycles. The van der Waals surface area contributed by atoms with Gasteiger partial charge < -0.3 is 0 Å². The van der Waals surface area contributed by atoms with E-state index in [0.717, 1.165) is 24.0 Å². The number of hydrogen-bond acceptors (Lipinski definition) is 2. The van der Waals surface area contributed by atoms with E-state index in [0.29, 0.717) is 12.8 Å². The summed E-state index contributed by atoms with van der Waals surface area (Å²) in [5, 5.41) is 0. The van der Waals surface area contributed by atoms with Crippen molar-refractivity contribution >= 4 is 11.6 Å². The molecule has 0 spiro atoms. The van der Waals surface area contributed by atoms with Crippen LogP contribution in [0.3, 0.4) is 0 Å². The Balaban J connectivity index is 2.75. The summed E-state index contributed by atoms with van der Waals surface area (Å²) in [4.78, 5) is 23.7. The van der Waals surface area contributed by atoms with Crippen molar-refractivity contribution in [2.45, 2.75) is 67.2 Å². The monoisotopic (exact) mass is 326 g/mol. The Labute approximate surface area is 146 Å². The van der Waals surface area contributed by atoms with Gasteiger partial charge in [0.2, 0.25) is 0 Å². The molecule has 0 bridgehead atoms. The van der Waals surface area contributed by atoms with Gasteiger partial charge in [-0.05, 0) is 88.8 Å². The molecule has 1 rings (SSSR count). The van der Waals surface area contributed by atoms with Gasteiger partial charge >= 0.3 is 0 Å². The summed E-state index contributed by atoms with van der Waals surface area (Å²) in [5.74, 6) is 0.367. The standard InChI is InChI=1S/C22H30O2/c1-15(2)11-20(23)8-7-19-13-17(5)22(18(6)14-19)10-9-21(24)12-16(3)4/h11-14H,7-10H2,1-6H3. The molecule has 0 atom stereocenters. The van der Waals surface area contributed by atoms with Gasteiger partial charge in [0.05, 0.1) is 0 Å². The molecule has 0 amide bonds. The van der Waals surface area contributed by atoms with Gasteiger partial charge in [0.25, 0.3) is 0 Å². The summed E-state index contributed by atoms with van der Waals surface area (Å²) < 4.78 is 0. The fourth-order valence-corrected chi connectivity index (χ4v) is 2.93. The summed E-state index contributed by atoms with van der Waals surface area (Å²) in [5.41, 5.74) is 6.97. The molecule has 0 fully saturated rings. The highest BCUT2D eigenvalue weighted by Crippen LogP contribution is 2.20. The van der Waals surface area contributed by atoms with Crippen LogP contribution in [-0.2, 0) is 22.4 Å². The molecule has 0 saturated carbocycles. The molecular weight excluding hydrogens is 296 g/mol. The fourth-order valence-electron chi connectivity index (χ4n) is 2.93. The van der Waals surface area contributed by atoms with Gasteiger partial charge in [-0.25, -0.2) is 0 Å². The first-order valence-electron chi connectivity index (χ1n) is 8.63. The van der Waals surface area contributed by atoms with E-state index in [1.165, 1.54) is 22.3 Å². The van der Waals surface area contributed by atoms with Crippen molar-refractivity contribution in [2.75, 3.05) is 0 Å². The second kappa shape index (κ2) is 9.36. The molecule has 0 aliphatic heterocycles. The minimum absolute atomic E-state index is 0.182. The second-order valence-corrected chi connectivity index (χ2v) is 7.08. The van der Waals surface area contributed by atoms with Crippen molar-refractivity contribution in [3.05, 3.63) is 57.7 Å². The van der Waals surface area contributed by atoms with Crippen LogP contribution >= 0.6 is 0 Å². The molecule has 1 aromatic carbocycles. The van der Waals surface area contributed by atoms with Gasteiger partial charge in [-0.15, -0.1) is 0 Å². The molecule has 0 radical (unpaired) electrons. The molecule has 0 N–H and O–H groups in total. The smallest absolute Gasteiger partial charge is 0.155 e. The molecule has 0 aromatic heterocycles.